The number of carbonyl (C=O) groups is 2. The lowest BCUT2D eigenvalue weighted by Gasteiger charge is -2.15. The molecule has 0 fully saturated rings. The number of fused-ring (bicyclic) bond motifs is 1. The van der Waals surface area contributed by atoms with Gasteiger partial charge in [-0.2, -0.15) is 13.2 Å². The Labute approximate surface area is 159 Å². The van der Waals surface area contributed by atoms with Crippen molar-refractivity contribution in [1.29, 1.82) is 0 Å². The zero-order valence-electron chi connectivity index (χ0n) is 15.4. The summed E-state index contributed by atoms with van der Waals surface area (Å²) in [6.07, 6.45) is -2.34. The van der Waals surface area contributed by atoms with Crippen molar-refractivity contribution < 1.29 is 22.8 Å². The van der Waals surface area contributed by atoms with Crippen molar-refractivity contribution in [3.63, 3.8) is 0 Å². The second-order valence-corrected chi connectivity index (χ2v) is 6.81. The Hall–Kier alpha value is -2.96. The minimum atomic E-state index is -4.51. The number of halogens is 3. The number of aryl methyl sites for hydroxylation is 2. The molecular formula is C21H19F3N2O2. The van der Waals surface area contributed by atoms with E-state index in [-0.39, 0.29) is 18.0 Å². The van der Waals surface area contributed by atoms with Crippen LogP contribution in [0.3, 0.4) is 0 Å². The van der Waals surface area contributed by atoms with Crippen molar-refractivity contribution in [2.75, 3.05) is 6.54 Å². The average molecular weight is 388 g/mol. The number of carbonyl (C=O) groups excluding carboxylic acids is 2. The minimum Gasteiger partial charge on any atom is -0.352 e. The highest BCUT2D eigenvalue weighted by atomic mass is 19.4. The van der Waals surface area contributed by atoms with Gasteiger partial charge in [0.25, 0.3) is 11.8 Å². The van der Waals surface area contributed by atoms with Crippen molar-refractivity contribution in [3.8, 4) is 0 Å². The molecule has 0 aromatic heterocycles. The van der Waals surface area contributed by atoms with Crippen LogP contribution < -0.4 is 15.9 Å². The van der Waals surface area contributed by atoms with Crippen LogP contribution in [0.2, 0.25) is 0 Å². The third kappa shape index (κ3) is 4.13. The summed E-state index contributed by atoms with van der Waals surface area (Å²) in [4.78, 5) is 28.6. The summed E-state index contributed by atoms with van der Waals surface area (Å²) in [5, 5.41) is 4.16. The molecule has 4 nitrogen and oxygen atoms in total. The van der Waals surface area contributed by atoms with Gasteiger partial charge in [0.2, 0.25) is 0 Å². The first-order valence-electron chi connectivity index (χ1n) is 8.83. The van der Waals surface area contributed by atoms with Crippen molar-refractivity contribution in [2.45, 2.75) is 26.4 Å². The van der Waals surface area contributed by atoms with Crippen LogP contribution in [0.5, 0.6) is 0 Å². The second-order valence-electron chi connectivity index (χ2n) is 6.81. The highest BCUT2D eigenvalue weighted by Crippen LogP contribution is 2.29. The van der Waals surface area contributed by atoms with Gasteiger partial charge >= 0.3 is 6.18 Å². The molecule has 0 spiro atoms. The molecule has 3 rings (SSSR count). The molecular weight excluding hydrogens is 369 g/mol. The molecule has 146 valence electrons. The van der Waals surface area contributed by atoms with E-state index >= 15 is 0 Å². The quantitative estimate of drug-likeness (QED) is 0.876. The Bertz CT molecular complexity index is 1060. The van der Waals surface area contributed by atoms with Gasteiger partial charge in [-0.05, 0) is 49.6 Å². The van der Waals surface area contributed by atoms with Crippen molar-refractivity contribution >= 4 is 17.9 Å². The van der Waals surface area contributed by atoms with Crippen LogP contribution >= 0.6 is 0 Å². The summed E-state index contributed by atoms with van der Waals surface area (Å²) in [6.45, 7) is 3.97. The molecule has 1 unspecified atom stereocenters. The topological polar surface area (TPSA) is 58.5 Å². The van der Waals surface area contributed by atoms with Crippen molar-refractivity contribution in [1.82, 2.24) is 5.32 Å². The van der Waals surface area contributed by atoms with Gasteiger partial charge in [-0.15, -0.1) is 0 Å². The van der Waals surface area contributed by atoms with E-state index in [1.165, 1.54) is 12.1 Å². The summed E-state index contributed by atoms with van der Waals surface area (Å²) >= 11 is 0. The number of rotatable bonds is 4. The molecule has 2 amide bonds. The lowest BCUT2D eigenvalue weighted by atomic mass is 9.97. The number of nitrogens with zero attached hydrogens (tertiary/aromatic N) is 1. The number of hydrogen-bond donors (Lipinski definition) is 1. The van der Waals surface area contributed by atoms with Gasteiger partial charge in [-0.25, -0.2) is 4.99 Å². The molecule has 0 radical (unpaired) electrons. The van der Waals surface area contributed by atoms with Crippen LogP contribution in [0.4, 0.5) is 13.2 Å². The molecule has 1 heterocycles. The normalized spacial score (nSPS) is 16.0. The summed E-state index contributed by atoms with van der Waals surface area (Å²) in [5.41, 5.74) is 0.976. The zero-order valence-corrected chi connectivity index (χ0v) is 15.4. The number of amides is 2. The summed E-state index contributed by atoms with van der Waals surface area (Å²) in [6, 6.07) is 8.11. The van der Waals surface area contributed by atoms with Gasteiger partial charge in [0.1, 0.15) is 0 Å². The first-order chi connectivity index (χ1) is 13.2. The fraction of sp³-hybridized carbons (Fsp3) is 0.286. The smallest absolute Gasteiger partial charge is 0.352 e. The first-order valence-corrected chi connectivity index (χ1v) is 8.83. The molecule has 0 aliphatic carbocycles. The monoisotopic (exact) mass is 388 g/mol. The van der Waals surface area contributed by atoms with Gasteiger partial charge in [0.05, 0.1) is 16.8 Å². The lowest BCUT2D eigenvalue weighted by Crippen LogP contribution is -2.38. The third-order valence-electron chi connectivity index (χ3n) is 4.74. The molecule has 2 aromatic rings. The van der Waals surface area contributed by atoms with E-state index in [4.69, 9.17) is 0 Å². The van der Waals surface area contributed by atoms with Crippen LogP contribution in [-0.2, 0) is 11.0 Å². The first kappa shape index (κ1) is 19.8. The Kier molecular flexibility index (Phi) is 5.36. The Morgan fingerprint density at radius 3 is 2.57 bits per heavy atom. The van der Waals surface area contributed by atoms with Gasteiger partial charge in [-0.3, -0.25) is 9.59 Å². The number of alkyl halides is 3. The van der Waals surface area contributed by atoms with Crippen molar-refractivity contribution in [2.24, 2.45) is 10.9 Å². The standard InChI is InChI=1S/C21H19F3N2O2/c1-12-6-7-13(2)18-17(12)11-15(20(28)26-18)8-9-25-19(27)14-4-3-5-16(10-14)21(22,23)24/h3-7,10-11,15H,8-9H2,1-2H3,(H,25,27). The van der Waals surface area contributed by atoms with E-state index in [0.29, 0.717) is 11.8 Å². The number of hydrogen-bond acceptors (Lipinski definition) is 2. The predicted molar refractivity (Wildman–Crippen MR) is 98.1 cm³/mol. The van der Waals surface area contributed by atoms with E-state index in [2.05, 4.69) is 10.3 Å². The zero-order chi connectivity index (χ0) is 20.5. The van der Waals surface area contributed by atoms with E-state index in [0.717, 1.165) is 28.5 Å². The lowest BCUT2D eigenvalue weighted by molar-refractivity contribution is -0.137. The molecule has 0 saturated heterocycles. The number of benzene rings is 2. The SMILES string of the molecule is Cc1ccc(C)c2c1=CC(CCNC(=O)c1cccc(C(F)(F)F)c1)C(=O)N=2. The Morgan fingerprint density at radius 2 is 1.86 bits per heavy atom. The molecule has 0 saturated carbocycles. The Balaban J connectivity index is 1.69. The van der Waals surface area contributed by atoms with Crippen LogP contribution in [0, 0.1) is 19.8 Å². The predicted octanol–water partition coefficient (Wildman–Crippen LogP) is 2.70. The molecule has 7 heteroatoms. The Morgan fingerprint density at radius 1 is 1.14 bits per heavy atom. The highest BCUT2D eigenvalue weighted by molar-refractivity contribution is 5.94. The van der Waals surface area contributed by atoms with Gasteiger partial charge in [-0.1, -0.05) is 24.3 Å². The van der Waals surface area contributed by atoms with E-state index in [1.54, 1.807) is 0 Å². The fourth-order valence-electron chi connectivity index (χ4n) is 3.13. The minimum absolute atomic E-state index is 0.0738. The van der Waals surface area contributed by atoms with Crippen LogP contribution in [0.1, 0.15) is 33.5 Å². The largest absolute Gasteiger partial charge is 0.416 e. The van der Waals surface area contributed by atoms with Gasteiger partial charge in [0.15, 0.2) is 0 Å². The average Bonchev–Trinajstić information content (AvgIpc) is 2.65. The molecule has 1 aliphatic heterocycles. The van der Waals surface area contributed by atoms with Crippen molar-refractivity contribution in [3.05, 3.63) is 69.2 Å². The third-order valence-corrected chi connectivity index (χ3v) is 4.74. The summed E-state index contributed by atoms with van der Waals surface area (Å²) in [5.74, 6) is -1.37. The van der Waals surface area contributed by atoms with Crippen LogP contribution in [-0.4, -0.2) is 18.4 Å². The molecule has 1 N–H and O–H groups in total. The fourth-order valence-corrected chi connectivity index (χ4v) is 3.13. The number of nitrogens with one attached hydrogen (secondary N) is 1. The summed E-state index contributed by atoms with van der Waals surface area (Å²) in [7, 11) is 0. The molecule has 28 heavy (non-hydrogen) atoms. The van der Waals surface area contributed by atoms with Crippen LogP contribution in [0.25, 0.3) is 6.08 Å². The second kappa shape index (κ2) is 7.58. The molecule has 2 aromatic carbocycles. The molecule has 0 bridgehead atoms. The maximum Gasteiger partial charge on any atom is 0.416 e. The summed E-state index contributed by atoms with van der Waals surface area (Å²) < 4.78 is 38.3. The van der Waals surface area contributed by atoms with Crippen LogP contribution in [0.15, 0.2) is 41.4 Å². The highest BCUT2D eigenvalue weighted by Gasteiger charge is 2.31. The molecule has 1 atom stereocenters. The molecule has 1 aliphatic rings. The maximum atomic E-state index is 12.8. The van der Waals surface area contributed by atoms with Gasteiger partial charge < -0.3 is 5.32 Å². The van der Waals surface area contributed by atoms with Gasteiger partial charge in [0, 0.05) is 17.3 Å². The van der Waals surface area contributed by atoms with E-state index in [1.807, 2.05) is 32.1 Å². The van der Waals surface area contributed by atoms with E-state index in [9.17, 15) is 22.8 Å². The maximum absolute atomic E-state index is 12.8. The van der Waals surface area contributed by atoms with E-state index < -0.39 is 23.6 Å².